The van der Waals surface area contributed by atoms with Gasteiger partial charge < -0.3 is 9.52 Å². The van der Waals surface area contributed by atoms with Crippen LogP contribution in [0.25, 0.3) is 0 Å². The van der Waals surface area contributed by atoms with Crippen LogP contribution in [0.5, 0.6) is 0 Å². The molecule has 0 aliphatic heterocycles. The monoisotopic (exact) mass is 196 g/mol. The van der Waals surface area contributed by atoms with Crippen molar-refractivity contribution in [2.24, 2.45) is 5.92 Å². The Bertz CT molecular complexity index is 216. The second-order valence-electron chi connectivity index (χ2n) is 3.83. The molecule has 0 saturated heterocycles. The summed E-state index contributed by atoms with van der Waals surface area (Å²) in [5.41, 5.74) is 0. The van der Waals surface area contributed by atoms with Crippen molar-refractivity contribution >= 4 is 0 Å². The maximum atomic E-state index is 9.18. The Hall–Kier alpha value is -0.760. The van der Waals surface area contributed by atoms with Crippen LogP contribution in [0.4, 0.5) is 0 Å². The summed E-state index contributed by atoms with van der Waals surface area (Å²) in [5, 5.41) is 9.18. The molecule has 1 unspecified atom stereocenters. The van der Waals surface area contributed by atoms with Crippen molar-refractivity contribution in [3.63, 3.8) is 0 Å². The van der Waals surface area contributed by atoms with Gasteiger partial charge in [-0.25, -0.2) is 0 Å². The topological polar surface area (TPSA) is 33.4 Å². The van der Waals surface area contributed by atoms with Crippen molar-refractivity contribution in [1.82, 2.24) is 0 Å². The van der Waals surface area contributed by atoms with Crippen molar-refractivity contribution < 1.29 is 9.52 Å². The van der Waals surface area contributed by atoms with Crippen LogP contribution < -0.4 is 0 Å². The summed E-state index contributed by atoms with van der Waals surface area (Å²) in [4.78, 5) is 0. The Kier molecular flexibility index (Phi) is 5.38. The zero-order valence-corrected chi connectivity index (χ0v) is 8.91. The molecule has 1 atom stereocenters. The number of aliphatic hydroxyl groups is 1. The number of unbranched alkanes of at least 4 members (excludes halogenated alkanes) is 2. The fraction of sp³-hybridized carbons (Fsp3) is 0.667. The average molecular weight is 196 g/mol. The summed E-state index contributed by atoms with van der Waals surface area (Å²) in [6.45, 7) is 2.46. The van der Waals surface area contributed by atoms with E-state index in [1.165, 1.54) is 19.3 Å². The number of hydrogen-bond donors (Lipinski definition) is 1. The van der Waals surface area contributed by atoms with Crippen molar-refractivity contribution in [2.75, 3.05) is 6.61 Å². The fourth-order valence-electron chi connectivity index (χ4n) is 1.65. The van der Waals surface area contributed by atoms with Crippen LogP contribution in [0.15, 0.2) is 22.8 Å². The van der Waals surface area contributed by atoms with E-state index in [1.807, 2.05) is 12.1 Å². The van der Waals surface area contributed by atoms with Crippen LogP contribution >= 0.6 is 0 Å². The van der Waals surface area contributed by atoms with Gasteiger partial charge in [-0.2, -0.15) is 0 Å². The molecule has 0 aliphatic carbocycles. The first-order valence-corrected chi connectivity index (χ1v) is 5.50. The second-order valence-corrected chi connectivity index (χ2v) is 3.83. The molecule has 0 aliphatic rings. The largest absolute Gasteiger partial charge is 0.469 e. The zero-order valence-electron chi connectivity index (χ0n) is 8.91. The quantitative estimate of drug-likeness (QED) is 0.680. The van der Waals surface area contributed by atoms with E-state index in [0.29, 0.717) is 5.92 Å². The lowest BCUT2D eigenvalue weighted by Gasteiger charge is -2.11. The van der Waals surface area contributed by atoms with Gasteiger partial charge >= 0.3 is 0 Å². The SMILES string of the molecule is CCCCCC(CO)Cc1ccco1. The minimum absolute atomic E-state index is 0.268. The van der Waals surface area contributed by atoms with Gasteiger partial charge in [-0.1, -0.05) is 26.2 Å². The predicted molar refractivity (Wildman–Crippen MR) is 57.1 cm³/mol. The van der Waals surface area contributed by atoms with E-state index < -0.39 is 0 Å². The molecule has 1 rings (SSSR count). The molecule has 80 valence electrons. The number of aliphatic hydroxyl groups excluding tert-OH is 1. The van der Waals surface area contributed by atoms with Gasteiger partial charge in [0.05, 0.1) is 6.26 Å². The molecule has 14 heavy (non-hydrogen) atoms. The third-order valence-corrected chi connectivity index (χ3v) is 2.54. The highest BCUT2D eigenvalue weighted by Gasteiger charge is 2.09. The molecule has 1 aromatic rings. The normalized spacial score (nSPS) is 13.0. The molecular weight excluding hydrogens is 176 g/mol. The molecule has 1 heterocycles. The molecule has 0 bridgehead atoms. The first-order valence-electron chi connectivity index (χ1n) is 5.50. The van der Waals surface area contributed by atoms with Crippen LogP contribution in [0.2, 0.25) is 0 Å². The molecule has 0 amide bonds. The van der Waals surface area contributed by atoms with E-state index in [9.17, 15) is 5.11 Å². The minimum Gasteiger partial charge on any atom is -0.469 e. The Labute approximate surface area is 85.9 Å². The maximum absolute atomic E-state index is 9.18. The lowest BCUT2D eigenvalue weighted by Crippen LogP contribution is -2.09. The highest BCUT2D eigenvalue weighted by Crippen LogP contribution is 2.15. The van der Waals surface area contributed by atoms with Crippen LogP contribution in [0.3, 0.4) is 0 Å². The third-order valence-electron chi connectivity index (χ3n) is 2.54. The van der Waals surface area contributed by atoms with Crippen LogP contribution in [-0.2, 0) is 6.42 Å². The van der Waals surface area contributed by atoms with Crippen LogP contribution in [0, 0.1) is 5.92 Å². The Morgan fingerprint density at radius 1 is 1.43 bits per heavy atom. The Morgan fingerprint density at radius 3 is 2.86 bits per heavy atom. The Morgan fingerprint density at radius 2 is 2.29 bits per heavy atom. The van der Waals surface area contributed by atoms with E-state index in [1.54, 1.807) is 6.26 Å². The van der Waals surface area contributed by atoms with Gasteiger partial charge in [-0.3, -0.25) is 0 Å². The lowest BCUT2D eigenvalue weighted by atomic mass is 9.97. The predicted octanol–water partition coefficient (Wildman–Crippen LogP) is 3.01. The van der Waals surface area contributed by atoms with Gasteiger partial charge in [-0.05, 0) is 24.5 Å². The summed E-state index contributed by atoms with van der Waals surface area (Å²) < 4.78 is 5.26. The molecule has 2 nitrogen and oxygen atoms in total. The molecule has 0 saturated carbocycles. The van der Waals surface area contributed by atoms with Crippen molar-refractivity contribution in [1.29, 1.82) is 0 Å². The standard InChI is InChI=1S/C12H20O2/c1-2-3-4-6-11(10-13)9-12-7-5-8-14-12/h5,7-8,11,13H,2-4,6,9-10H2,1H3. The third kappa shape index (κ3) is 3.97. The van der Waals surface area contributed by atoms with E-state index in [4.69, 9.17) is 4.42 Å². The van der Waals surface area contributed by atoms with Gasteiger partial charge in [0.25, 0.3) is 0 Å². The van der Waals surface area contributed by atoms with Crippen LogP contribution in [-0.4, -0.2) is 11.7 Å². The number of hydrogen-bond acceptors (Lipinski definition) is 2. The molecule has 1 N–H and O–H groups in total. The van der Waals surface area contributed by atoms with Gasteiger partial charge in [0, 0.05) is 13.0 Å². The highest BCUT2D eigenvalue weighted by atomic mass is 16.3. The minimum atomic E-state index is 0.268. The molecule has 0 aromatic carbocycles. The van der Waals surface area contributed by atoms with Crippen LogP contribution in [0.1, 0.15) is 38.4 Å². The first kappa shape index (κ1) is 11.3. The van der Waals surface area contributed by atoms with Gasteiger partial charge in [0.1, 0.15) is 5.76 Å². The van der Waals surface area contributed by atoms with Crippen molar-refractivity contribution in [3.8, 4) is 0 Å². The summed E-state index contributed by atoms with van der Waals surface area (Å²) in [5.74, 6) is 1.35. The summed E-state index contributed by atoms with van der Waals surface area (Å²) in [6, 6.07) is 3.87. The second kappa shape index (κ2) is 6.66. The summed E-state index contributed by atoms with van der Waals surface area (Å²) in [6.07, 6.45) is 7.37. The van der Waals surface area contributed by atoms with Gasteiger partial charge in [0.2, 0.25) is 0 Å². The zero-order chi connectivity index (χ0) is 10.2. The summed E-state index contributed by atoms with van der Waals surface area (Å²) >= 11 is 0. The number of rotatable bonds is 7. The molecule has 0 radical (unpaired) electrons. The van der Waals surface area contributed by atoms with E-state index in [0.717, 1.165) is 18.6 Å². The van der Waals surface area contributed by atoms with E-state index in [2.05, 4.69) is 6.92 Å². The molecule has 1 aromatic heterocycles. The van der Waals surface area contributed by atoms with Gasteiger partial charge in [-0.15, -0.1) is 0 Å². The van der Waals surface area contributed by atoms with Crippen molar-refractivity contribution in [3.05, 3.63) is 24.2 Å². The maximum Gasteiger partial charge on any atom is 0.104 e. The molecule has 0 spiro atoms. The fourth-order valence-corrected chi connectivity index (χ4v) is 1.65. The first-order chi connectivity index (χ1) is 6.86. The highest BCUT2D eigenvalue weighted by molar-refractivity contribution is 4.99. The average Bonchev–Trinajstić information content (AvgIpc) is 2.69. The Balaban J connectivity index is 2.24. The smallest absolute Gasteiger partial charge is 0.104 e. The van der Waals surface area contributed by atoms with Gasteiger partial charge in [0.15, 0.2) is 0 Å². The molecule has 2 heteroatoms. The van der Waals surface area contributed by atoms with E-state index >= 15 is 0 Å². The molecular formula is C12H20O2. The molecule has 0 fully saturated rings. The van der Waals surface area contributed by atoms with E-state index in [-0.39, 0.29) is 6.61 Å². The van der Waals surface area contributed by atoms with Crippen molar-refractivity contribution in [2.45, 2.75) is 39.0 Å². The lowest BCUT2D eigenvalue weighted by molar-refractivity contribution is 0.209. The number of furan rings is 1. The summed E-state index contributed by atoms with van der Waals surface area (Å²) in [7, 11) is 0.